The number of carbonyl (C=O) groups excluding carboxylic acids is 2. The Kier molecular flexibility index (Phi) is 31.7. The van der Waals surface area contributed by atoms with E-state index in [-0.39, 0.29) is 6.15 Å². The summed E-state index contributed by atoms with van der Waals surface area (Å²) in [6, 6.07) is 0. The molecular weight excluding hydrogens is 160 g/mol. The van der Waals surface area contributed by atoms with Gasteiger partial charge in [0, 0.05) is 5.92 Å². The second-order valence-electron chi connectivity index (χ2n) is 1.05. The van der Waals surface area contributed by atoms with Gasteiger partial charge in [0.1, 0.15) is 0 Å². The summed E-state index contributed by atoms with van der Waals surface area (Å²) in [6.45, 7) is 3.13. The van der Waals surface area contributed by atoms with E-state index in [4.69, 9.17) is 14.7 Å². The molecule has 4 nitrogen and oxygen atoms in total. The highest BCUT2D eigenvalue weighted by atomic mass is 16.4. The van der Waals surface area contributed by atoms with Gasteiger partial charge in [0.05, 0.1) is 0 Å². The first-order valence-electron chi connectivity index (χ1n) is 2.62. The molecule has 0 fully saturated rings. The smallest absolute Gasteiger partial charge is 0.381 e. The van der Waals surface area contributed by atoms with Crippen molar-refractivity contribution in [3.05, 3.63) is 0 Å². The molecule has 0 saturated carbocycles. The number of carboxylic acid groups (broad SMARTS) is 1. The van der Waals surface area contributed by atoms with Gasteiger partial charge in [-0.15, -0.1) is 12.3 Å². The van der Waals surface area contributed by atoms with Crippen LogP contribution in [0, 0.1) is 24.2 Å². The third-order valence-electron chi connectivity index (χ3n) is 0.232. The molecule has 1 N–H and O–H groups in total. The lowest BCUT2D eigenvalue weighted by atomic mass is 10.6. The second kappa shape index (κ2) is 23.1. The van der Waals surface area contributed by atoms with Crippen molar-refractivity contribution in [2.45, 2.75) is 13.8 Å². The SMILES string of the molecule is C#CC.CC#CC(=O)O.O=C=O. The van der Waals surface area contributed by atoms with Gasteiger partial charge in [-0.1, -0.05) is 5.92 Å². The Balaban J connectivity index is -0.000000115. The monoisotopic (exact) mass is 168 g/mol. The Morgan fingerprint density at radius 3 is 1.58 bits per heavy atom. The van der Waals surface area contributed by atoms with Crippen LogP contribution in [0.15, 0.2) is 0 Å². The quantitative estimate of drug-likeness (QED) is 0.522. The molecule has 12 heavy (non-hydrogen) atoms. The largest absolute Gasteiger partial charge is 0.472 e. The van der Waals surface area contributed by atoms with E-state index in [0.29, 0.717) is 0 Å². The van der Waals surface area contributed by atoms with Crippen molar-refractivity contribution in [3.8, 4) is 24.2 Å². The highest BCUT2D eigenvalue weighted by Crippen LogP contribution is 1.51. The second-order valence-corrected chi connectivity index (χ2v) is 1.05. The lowest BCUT2D eigenvalue weighted by Crippen LogP contribution is -1.84. The summed E-state index contributed by atoms with van der Waals surface area (Å²) >= 11 is 0. The molecule has 0 atom stereocenters. The van der Waals surface area contributed by atoms with Gasteiger partial charge in [0.15, 0.2) is 0 Å². The Hall–Kier alpha value is -2.03. The first kappa shape index (κ1) is 16.5. The van der Waals surface area contributed by atoms with Crippen LogP contribution in [0.2, 0.25) is 0 Å². The van der Waals surface area contributed by atoms with Crippen LogP contribution in [0.1, 0.15) is 13.8 Å². The van der Waals surface area contributed by atoms with E-state index < -0.39 is 5.97 Å². The summed E-state index contributed by atoms with van der Waals surface area (Å²) in [5.74, 6) is 5.27. The number of hydrogen-bond acceptors (Lipinski definition) is 3. The highest BCUT2D eigenvalue weighted by molar-refractivity contribution is 5.86. The molecule has 0 amide bonds. The third-order valence-corrected chi connectivity index (χ3v) is 0.232. The van der Waals surface area contributed by atoms with Gasteiger partial charge in [-0.3, -0.25) is 0 Å². The van der Waals surface area contributed by atoms with Gasteiger partial charge in [-0.2, -0.15) is 9.59 Å². The molecule has 0 saturated heterocycles. The molecule has 0 spiro atoms. The van der Waals surface area contributed by atoms with E-state index in [1.54, 1.807) is 6.92 Å². The lowest BCUT2D eigenvalue weighted by molar-refractivity contribution is -0.191. The maximum Gasteiger partial charge on any atom is 0.381 e. The fourth-order valence-electron chi connectivity index (χ4n) is 0.107. The molecule has 0 radical (unpaired) electrons. The first-order chi connectivity index (χ1) is 5.60. The maximum absolute atomic E-state index is 9.43. The first-order valence-corrected chi connectivity index (χ1v) is 2.62. The topological polar surface area (TPSA) is 71.4 Å². The average molecular weight is 168 g/mol. The van der Waals surface area contributed by atoms with Gasteiger partial charge in [-0.25, -0.2) is 4.79 Å². The molecule has 0 aromatic carbocycles. The molecule has 4 heteroatoms. The van der Waals surface area contributed by atoms with Crippen molar-refractivity contribution in [3.63, 3.8) is 0 Å². The van der Waals surface area contributed by atoms with Crippen LogP contribution < -0.4 is 0 Å². The minimum atomic E-state index is -1.07. The van der Waals surface area contributed by atoms with Crippen LogP contribution in [0.4, 0.5) is 0 Å². The van der Waals surface area contributed by atoms with E-state index in [9.17, 15) is 4.79 Å². The van der Waals surface area contributed by atoms with Gasteiger partial charge in [-0.05, 0) is 13.8 Å². The molecule has 0 aliphatic heterocycles. The van der Waals surface area contributed by atoms with Gasteiger partial charge in [0.2, 0.25) is 0 Å². The number of terminal acetylenes is 1. The maximum atomic E-state index is 9.43. The fraction of sp³-hybridized carbons (Fsp3) is 0.250. The summed E-state index contributed by atoms with van der Waals surface area (Å²) in [7, 11) is 0. The van der Waals surface area contributed by atoms with E-state index in [2.05, 4.69) is 18.3 Å². The lowest BCUT2D eigenvalue weighted by Gasteiger charge is -1.63. The molecule has 64 valence electrons. The Bertz CT molecular complexity index is 230. The van der Waals surface area contributed by atoms with E-state index in [1.165, 1.54) is 6.92 Å². The van der Waals surface area contributed by atoms with Crippen molar-refractivity contribution in [1.82, 2.24) is 0 Å². The van der Waals surface area contributed by atoms with Crippen LogP contribution in [-0.4, -0.2) is 17.2 Å². The Morgan fingerprint density at radius 1 is 1.33 bits per heavy atom. The van der Waals surface area contributed by atoms with E-state index in [1.807, 2.05) is 5.92 Å². The standard InChI is InChI=1S/C4H4O2.C3H4.CO2/c1-2-3-4(5)6;1-3-2;2-1-3/h1H3,(H,5,6);1H,2H3;. The minimum Gasteiger partial charge on any atom is -0.472 e. The van der Waals surface area contributed by atoms with Crippen LogP contribution >= 0.6 is 0 Å². The summed E-state index contributed by atoms with van der Waals surface area (Å²) in [5, 5.41) is 7.74. The van der Waals surface area contributed by atoms with E-state index >= 15 is 0 Å². The molecule has 0 aromatic heterocycles. The molecule has 0 unspecified atom stereocenters. The van der Waals surface area contributed by atoms with Crippen molar-refractivity contribution in [1.29, 1.82) is 0 Å². The molecular formula is C8H8O4. The molecule has 0 aromatic rings. The van der Waals surface area contributed by atoms with Crippen molar-refractivity contribution < 1.29 is 19.5 Å². The summed E-state index contributed by atoms with van der Waals surface area (Å²) < 4.78 is 0. The average Bonchev–Trinajstić information content (AvgIpc) is 1.89. The van der Waals surface area contributed by atoms with Crippen molar-refractivity contribution in [2.75, 3.05) is 0 Å². The molecule has 0 aliphatic carbocycles. The van der Waals surface area contributed by atoms with E-state index in [0.717, 1.165) is 0 Å². The summed E-state index contributed by atoms with van der Waals surface area (Å²) in [5.41, 5.74) is 0. The zero-order valence-electron chi connectivity index (χ0n) is 6.75. The number of carboxylic acids is 1. The zero-order valence-corrected chi connectivity index (χ0v) is 6.75. The van der Waals surface area contributed by atoms with Gasteiger partial charge in [0.25, 0.3) is 0 Å². The molecule has 0 heterocycles. The van der Waals surface area contributed by atoms with Crippen LogP contribution in [0.5, 0.6) is 0 Å². The van der Waals surface area contributed by atoms with Crippen molar-refractivity contribution >= 4 is 12.1 Å². The summed E-state index contributed by atoms with van der Waals surface area (Å²) in [6.07, 6.45) is 4.85. The highest BCUT2D eigenvalue weighted by Gasteiger charge is 1.76. The number of aliphatic carboxylic acids is 1. The minimum absolute atomic E-state index is 0.250. The summed E-state index contributed by atoms with van der Waals surface area (Å²) in [4.78, 5) is 25.7. The molecule has 0 bridgehead atoms. The Morgan fingerprint density at radius 2 is 1.58 bits per heavy atom. The molecule has 0 aliphatic rings. The molecule has 0 rings (SSSR count). The normalized spacial score (nSPS) is 4.08. The fourth-order valence-corrected chi connectivity index (χ4v) is 0.107. The number of rotatable bonds is 0. The predicted molar refractivity (Wildman–Crippen MR) is 40.6 cm³/mol. The number of carbonyl (C=O) groups is 1. The van der Waals surface area contributed by atoms with Crippen LogP contribution in [0.3, 0.4) is 0 Å². The third kappa shape index (κ3) is 412. The number of hydrogen-bond donors (Lipinski definition) is 1. The van der Waals surface area contributed by atoms with Crippen LogP contribution in [-0.2, 0) is 14.4 Å². The van der Waals surface area contributed by atoms with Gasteiger partial charge >= 0.3 is 12.1 Å². The van der Waals surface area contributed by atoms with Crippen molar-refractivity contribution in [2.24, 2.45) is 0 Å². The van der Waals surface area contributed by atoms with Crippen LogP contribution in [0.25, 0.3) is 0 Å². The zero-order chi connectivity index (χ0) is 10.4. The van der Waals surface area contributed by atoms with Gasteiger partial charge < -0.3 is 5.11 Å². The Labute approximate surface area is 70.6 Å². The predicted octanol–water partition coefficient (Wildman–Crippen LogP) is 0.150.